The molecule has 1 aliphatic heterocycles. The van der Waals surface area contributed by atoms with Gasteiger partial charge in [-0.3, -0.25) is 4.57 Å². The SMILES string of the molecule is Nc1ccn([C@H]2O[C@@](CO)(C(F)F)C[C@@H]2F)c(=O)n1. The summed E-state index contributed by atoms with van der Waals surface area (Å²) in [5.74, 6) is -0.0723. The largest absolute Gasteiger partial charge is 0.393 e. The Morgan fingerprint density at radius 3 is 2.84 bits per heavy atom. The first-order valence-corrected chi connectivity index (χ1v) is 5.45. The van der Waals surface area contributed by atoms with Crippen LogP contribution in [0.2, 0.25) is 0 Å². The lowest BCUT2D eigenvalue weighted by Crippen LogP contribution is -2.41. The molecule has 0 spiro atoms. The Labute approximate surface area is 105 Å². The number of nitrogens with two attached hydrogens (primary N) is 1. The Bertz CT molecular complexity index is 524. The third-order valence-corrected chi connectivity index (χ3v) is 3.00. The van der Waals surface area contributed by atoms with Crippen LogP contribution in [0.15, 0.2) is 17.1 Å². The number of alkyl halides is 3. The minimum Gasteiger partial charge on any atom is -0.393 e. The van der Waals surface area contributed by atoms with Gasteiger partial charge in [0.2, 0.25) is 0 Å². The summed E-state index contributed by atoms with van der Waals surface area (Å²) >= 11 is 0. The summed E-state index contributed by atoms with van der Waals surface area (Å²) in [7, 11) is 0. The number of halogens is 3. The third kappa shape index (κ3) is 2.30. The molecule has 0 aromatic carbocycles. The van der Waals surface area contributed by atoms with E-state index in [-0.39, 0.29) is 5.82 Å². The fraction of sp³-hybridized carbons (Fsp3) is 0.600. The van der Waals surface area contributed by atoms with Gasteiger partial charge in [-0.1, -0.05) is 0 Å². The lowest BCUT2D eigenvalue weighted by molar-refractivity contribution is -0.171. The van der Waals surface area contributed by atoms with Gasteiger partial charge in [-0.25, -0.2) is 18.0 Å². The van der Waals surface area contributed by atoms with Crippen LogP contribution in [0.1, 0.15) is 12.6 Å². The lowest BCUT2D eigenvalue weighted by atomic mass is 10.0. The van der Waals surface area contributed by atoms with E-state index in [2.05, 4.69) is 4.98 Å². The molecule has 0 bridgehead atoms. The number of nitrogen functional groups attached to an aromatic ring is 1. The van der Waals surface area contributed by atoms with Gasteiger partial charge in [0.05, 0.1) is 6.61 Å². The zero-order valence-corrected chi connectivity index (χ0v) is 9.67. The van der Waals surface area contributed by atoms with E-state index in [0.717, 1.165) is 10.8 Å². The van der Waals surface area contributed by atoms with E-state index in [1.807, 2.05) is 0 Å². The second-order valence-corrected chi connectivity index (χ2v) is 4.29. The van der Waals surface area contributed by atoms with Crippen LogP contribution < -0.4 is 11.4 Å². The van der Waals surface area contributed by atoms with Gasteiger partial charge in [0, 0.05) is 12.6 Å². The van der Waals surface area contributed by atoms with Crippen LogP contribution >= 0.6 is 0 Å². The first-order chi connectivity index (χ1) is 8.89. The molecule has 19 heavy (non-hydrogen) atoms. The van der Waals surface area contributed by atoms with Gasteiger partial charge >= 0.3 is 5.69 Å². The predicted molar refractivity (Wildman–Crippen MR) is 58.4 cm³/mol. The van der Waals surface area contributed by atoms with Crippen molar-refractivity contribution >= 4 is 5.82 Å². The van der Waals surface area contributed by atoms with E-state index >= 15 is 0 Å². The van der Waals surface area contributed by atoms with Gasteiger partial charge < -0.3 is 15.6 Å². The molecule has 2 rings (SSSR count). The Hall–Kier alpha value is -1.61. The normalized spacial score (nSPS) is 31.0. The van der Waals surface area contributed by atoms with Gasteiger partial charge in [-0.15, -0.1) is 0 Å². The molecule has 0 unspecified atom stereocenters. The van der Waals surface area contributed by atoms with Gasteiger partial charge in [0.25, 0.3) is 6.43 Å². The van der Waals surface area contributed by atoms with Crippen molar-refractivity contribution in [1.29, 1.82) is 0 Å². The van der Waals surface area contributed by atoms with Crippen molar-refractivity contribution < 1.29 is 23.0 Å². The number of ether oxygens (including phenoxy) is 1. The molecule has 1 aromatic heterocycles. The fourth-order valence-electron chi connectivity index (χ4n) is 1.96. The van der Waals surface area contributed by atoms with Crippen LogP contribution in [0.3, 0.4) is 0 Å². The van der Waals surface area contributed by atoms with Gasteiger partial charge in [-0.2, -0.15) is 4.98 Å². The van der Waals surface area contributed by atoms with Crippen LogP contribution in [-0.4, -0.2) is 39.5 Å². The van der Waals surface area contributed by atoms with Crippen molar-refractivity contribution in [1.82, 2.24) is 9.55 Å². The van der Waals surface area contributed by atoms with E-state index < -0.39 is 43.1 Å². The molecule has 0 amide bonds. The van der Waals surface area contributed by atoms with Crippen molar-refractivity contribution in [3.8, 4) is 0 Å². The van der Waals surface area contributed by atoms with Crippen LogP contribution in [-0.2, 0) is 4.74 Å². The highest BCUT2D eigenvalue weighted by Gasteiger charge is 2.53. The summed E-state index contributed by atoms with van der Waals surface area (Å²) in [4.78, 5) is 14.9. The van der Waals surface area contributed by atoms with E-state index in [0.29, 0.717) is 0 Å². The minimum atomic E-state index is -3.07. The number of rotatable bonds is 3. The van der Waals surface area contributed by atoms with Gasteiger partial charge in [-0.05, 0) is 6.07 Å². The molecule has 1 aliphatic rings. The second kappa shape index (κ2) is 4.82. The molecule has 0 radical (unpaired) electrons. The average Bonchev–Trinajstić information content (AvgIpc) is 2.68. The van der Waals surface area contributed by atoms with Gasteiger partial charge in [0.1, 0.15) is 12.0 Å². The molecule has 3 N–H and O–H groups in total. The Morgan fingerprint density at radius 1 is 1.68 bits per heavy atom. The smallest absolute Gasteiger partial charge is 0.351 e. The van der Waals surface area contributed by atoms with E-state index in [1.165, 1.54) is 6.07 Å². The minimum absolute atomic E-state index is 0.0723. The topological polar surface area (TPSA) is 90.4 Å². The van der Waals surface area contributed by atoms with Crippen molar-refractivity contribution in [2.75, 3.05) is 12.3 Å². The maximum atomic E-state index is 13.8. The number of nitrogens with zero attached hydrogens (tertiary/aromatic N) is 2. The van der Waals surface area contributed by atoms with E-state index in [1.54, 1.807) is 0 Å². The summed E-state index contributed by atoms with van der Waals surface area (Å²) < 4.78 is 45.1. The quantitative estimate of drug-likeness (QED) is 0.817. The number of aromatic nitrogens is 2. The highest BCUT2D eigenvalue weighted by atomic mass is 19.3. The number of hydrogen-bond acceptors (Lipinski definition) is 5. The van der Waals surface area contributed by atoms with Crippen LogP contribution in [0.4, 0.5) is 19.0 Å². The molecule has 6 nitrogen and oxygen atoms in total. The van der Waals surface area contributed by atoms with Crippen molar-refractivity contribution in [2.24, 2.45) is 0 Å². The molecule has 106 valence electrons. The van der Waals surface area contributed by atoms with Crippen molar-refractivity contribution in [3.63, 3.8) is 0 Å². The van der Waals surface area contributed by atoms with E-state index in [4.69, 9.17) is 15.6 Å². The number of anilines is 1. The number of hydrogen-bond donors (Lipinski definition) is 2. The zero-order chi connectivity index (χ0) is 14.2. The molecule has 1 saturated heterocycles. The molecule has 2 heterocycles. The summed E-state index contributed by atoms with van der Waals surface area (Å²) in [5.41, 5.74) is 2.06. The number of aliphatic hydroxyl groups is 1. The van der Waals surface area contributed by atoms with Crippen molar-refractivity contribution in [3.05, 3.63) is 22.7 Å². The van der Waals surface area contributed by atoms with Crippen LogP contribution in [0.25, 0.3) is 0 Å². The maximum absolute atomic E-state index is 13.8. The van der Waals surface area contributed by atoms with Crippen molar-refractivity contribution in [2.45, 2.75) is 30.8 Å². The summed E-state index contributed by atoms with van der Waals surface area (Å²) in [6.07, 6.45) is -6.08. The second-order valence-electron chi connectivity index (χ2n) is 4.29. The molecule has 1 aromatic rings. The summed E-state index contributed by atoms with van der Waals surface area (Å²) in [5, 5.41) is 8.99. The molecule has 3 atom stereocenters. The first kappa shape index (κ1) is 13.8. The molecule has 0 aliphatic carbocycles. The lowest BCUT2D eigenvalue weighted by Gasteiger charge is -2.25. The standard InChI is InChI=1S/C10H12F3N3O3/c11-5-3-10(4-17,8(12)13)19-7(5)16-2-1-6(14)15-9(16)18/h1-2,5,7-8,17H,3-4H2,(H2,14,15,18)/t5-,7-,10-/m0/s1. The highest BCUT2D eigenvalue weighted by Crippen LogP contribution is 2.41. The molecular weight excluding hydrogens is 267 g/mol. The predicted octanol–water partition coefficient (Wildman–Crippen LogP) is 0.0787. The maximum Gasteiger partial charge on any atom is 0.351 e. The molecular formula is C10H12F3N3O3. The summed E-state index contributed by atoms with van der Waals surface area (Å²) in [6, 6.07) is 1.22. The Morgan fingerprint density at radius 2 is 2.37 bits per heavy atom. The highest BCUT2D eigenvalue weighted by molar-refractivity contribution is 5.23. The monoisotopic (exact) mass is 279 g/mol. The van der Waals surface area contributed by atoms with E-state index in [9.17, 15) is 18.0 Å². The zero-order valence-electron chi connectivity index (χ0n) is 9.67. The fourth-order valence-corrected chi connectivity index (χ4v) is 1.96. The van der Waals surface area contributed by atoms with Crippen LogP contribution in [0, 0.1) is 0 Å². The molecule has 0 saturated carbocycles. The average molecular weight is 279 g/mol. The Kier molecular flexibility index (Phi) is 3.50. The first-order valence-electron chi connectivity index (χ1n) is 5.45. The third-order valence-electron chi connectivity index (χ3n) is 3.00. The van der Waals surface area contributed by atoms with Crippen LogP contribution in [0.5, 0.6) is 0 Å². The number of aliphatic hydroxyl groups excluding tert-OH is 1. The van der Waals surface area contributed by atoms with Gasteiger partial charge in [0.15, 0.2) is 11.8 Å². The Balaban J connectivity index is 2.34. The molecule has 9 heteroatoms. The summed E-state index contributed by atoms with van der Waals surface area (Å²) in [6.45, 7) is -1.04. The molecule has 1 fully saturated rings.